The molecule has 3 heterocycles. The molecule has 1 fully saturated rings. The van der Waals surface area contributed by atoms with Crippen LogP contribution in [0.2, 0.25) is 0 Å². The second-order valence-corrected chi connectivity index (χ2v) is 6.15. The average Bonchev–Trinajstić information content (AvgIpc) is 2.59. The summed E-state index contributed by atoms with van der Waals surface area (Å²) >= 11 is 0. The van der Waals surface area contributed by atoms with E-state index < -0.39 is 0 Å². The number of nitrogens with one attached hydrogen (secondary N) is 1. The molecule has 2 aromatic rings. The number of ether oxygens (including phenoxy) is 1. The molecule has 2 aromatic heterocycles. The van der Waals surface area contributed by atoms with Crippen LogP contribution < -0.4 is 10.1 Å². The van der Waals surface area contributed by atoms with Crippen LogP contribution >= 0.6 is 0 Å². The molecule has 3 rings (SSSR count). The van der Waals surface area contributed by atoms with Gasteiger partial charge in [0, 0.05) is 37.6 Å². The Hall–Kier alpha value is -2.14. The molecular weight excluding hydrogens is 288 g/mol. The SMILES string of the molecule is C[C@@H](Nc1ccc(OC2CCN(C)CC2)nc1)c1ccncc1. The highest BCUT2D eigenvalue weighted by Crippen LogP contribution is 2.21. The Kier molecular flexibility index (Phi) is 5.08. The van der Waals surface area contributed by atoms with Gasteiger partial charge in [0.15, 0.2) is 0 Å². The molecule has 0 bridgehead atoms. The summed E-state index contributed by atoms with van der Waals surface area (Å²) in [5.74, 6) is 0.710. The monoisotopic (exact) mass is 312 g/mol. The largest absolute Gasteiger partial charge is 0.474 e. The molecule has 1 atom stereocenters. The first kappa shape index (κ1) is 15.7. The van der Waals surface area contributed by atoms with E-state index in [9.17, 15) is 0 Å². The van der Waals surface area contributed by atoms with Gasteiger partial charge >= 0.3 is 0 Å². The topological polar surface area (TPSA) is 50.3 Å². The highest BCUT2D eigenvalue weighted by molar-refractivity contribution is 5.44. The van der Waals surface area contributed by atoms with E-state index in [1.54, 1.807) is 0 Å². The fourth-order valence-electron chi connectivity index (χ4n) is 2.79. The van der Waals surface area contributed by atoms with Gasteiger partial charge < -0.3 is 15.0 Å². The number of nitrogens with zero attached hydrogens (tertiary/aromatic N) is 3. The van der Waals surface area contributed by atoms with Gasteiger partial charge in [-0.15, -0.1) is 0 Å². The molecule has 23 heavy (non-hydrogen) atoms. The van der Waals surface area contributed by atoms with E-state index in [4.69, 9.17) is 4.74 Å². The quantitative estimate of drug-likeness (QED) is 0.919. The van der Waals surface area contributed by atoms with Crippen LogP contribution in [0, 0.1) is 0 Å². The van der Waals surface area contributed by atoms with Gasteiger partial charge in [-0.1, -0.05) is 0 Å². The highest BCUT2D eigenvalue weighted by Gasteiger charge is 2.18. The smallest absolute Gasteiger partial charge is 0.213 e. The first-order valence-electron chi connectivity index (χ1n) is 8.18. The molecule has 0 aromatic carbocycles. The molecule has 1 N–H and O–H groups in total. The summed E-state index contributed by atoms with van der Waals surface area (Å²) in [5, 5.41) is 3.44. The van der Waals surface area contributed by atoms with E-state index in [2.05, 4.69) is 34.2 Å². The third-order valence-electron chi connectivity index (χ3n) is 4.28. The zero-order chi connectivity index (χ0) is 16.1. The molecule has 122 valence electrons. The van der Waals surface area contributed by atoms with Crippen molar-refractivity contribution < 1.29 is 4.74 Å². The Morgan fingerprint density at radius 1 is 1.17 bits per heavy atom. The van der Waals surface area contributed by atoms with Crippen LogP contribution in [0.25, 0.3) is 0 Å². The minimum atomic E-state index is 0.209. The molecule has 1 aliphatic heterocycles. The van der Waals surface area contributed by atoms with Crippen LogP contribution in [0.4, 0.5) is 5.69 Å². The van der Waals surface area contributed by atoms with Crippen LogP contribution in [0.3, 0.4) is 0 Å². The van der Waals surface area contributed by atoms with Crippen LogP contribution in [0.1, 0.15) is 31.4 Å². The van der Waals surface area contributed by atoms with Crippen molar-refractivity contribution in [2.24, 2.45) is 0 Å². The first-order chi connectivity index (χ1) is 11.2. The summed E-state index contributed by atoms with van der Waals surface area (Å²) in [5.41, 5.74) is 2.19. The van der Waals surface area contributed by atoms with E-state index >= 15 is 0 Å². The lowest BCUT2D eigenvalue weighted by Crippen LogP contribution is -2.35. The van der Waals surface area contributed by atoms with Crippen molar-refractivity contribution in [3.63, 3.8) is 0 Å². The molecule has 0 spiro atoms. The van der Waals surface area contributed by atoms with E-state index in [1.165, 1.54) is 5.56 Å². The summed E-state index contributed by atoms with van der Waals surface area (Å²) in [6, 6.07) is 8.21. The maximum Gasteiger partial charge on any atom is 0.213 e. The number of hydrogen-bond donors (Lipinski definition) is 1. The number of anilines is 1. The number of pyridine rings is 2. The van der Waals surface area contributed by atoms with Gasteiger partial charge in [-0.2, -0.15) is 0 Å². The first-order valence-corrected chi connectivity index (χ1v) is 8.18. The predicted octanol–water partition coefficient (Wildman–Crippen LogP) is 3.12. The summed E-state index contributed by atoms with van der Waals surface area (Å²) < 4.78 is 5.97. The number of piperidine rings is 1. The van der Waals surface area contributed by atoms with Crippen LogP contribution in [-0.4, -0.2) is 41.1 Å². The second kappa shape index (κ2) is 7.42. The minimum Gasteiger partial charge on any atom is -0.474 e. The van der Waals surface area contributed by atoms with Gasteiger partial charge in [-0.05, 0) is 50.6 Å². The standard InChI is InChI=1S/C18H24N4O/c1-14(15-5-9-19-10-6-15)21-16-3-4-18(20-13-16)23-17-7-11-22(2)12-8-17/h3-6,9-10,13-14,17,21H,7-8,11-12H2,1-2H3/t14-/m1/s1. The molecule has 0 amide bonds. The zero-order valence-corrected chi connectivity index (χ0v) is 13.8. The number of aromatic nitrogens is 2. The maximum atomic E-state index is 5.97. The lowest BCUT2D eigenvalue weighted by molar-refractivity contribution is 0.110. The molecule has 0 aliphatic carbocycles. The number of likely N-dealkylation sites (tertiary alicyclic amines) is 1. The average molecular weight is 312 g/mol. The van der Waals surface area contributed by atoms with Gasteiger partial charge in [0.2, 0.25) is 5.88 Å². The van der Waals surface area contributed by atoms with Crippen molar-refractivity contribution in [3.05, 3.63) is 48.4 Å². The zero-order valence-electron chi connectivity index (χ0n) is 13.8. The number of hydrogen-bond acceptors (Lipinski definition) is 5. The lowest BCUT2D eigenvalue weighted by Gasteiger charge is -2.28. The van der Waals surface area contributed by atoms with Crippen molar-refractivity contribution in [1.29, 1.82) is 0 Å². The predicted molar refractivity (Wildman–Crippen MR) is 91.7 cm³/mol. The molecule has 1 aliphatic rings. The van der Waals surface area contributed by atoms with Gasteiger partial charge in [0.1, 0.15) is 6.10 Å². The van der Waals surface area contributed by atoms with Gasteiger partial charge in [-0.3, -0.25) is 4.98 Å². The van der Waals surface area contributed by atoms with Crippen molar-refractivity contribution in [2.45, 2.75) is 31.9 Å². The van der Waals surface area contributed by atoms with E-state index in [-0.39, 0.29) is 12.1 Å². The van der Waals surface area contributed by atoms with E-state index in [0.29, 0.717) is 5.88 Å². The molecule has 0 radical (unpaired) electrons. The fourth-order valence-corrected chi connectivity index (χ4v) is 2.79. The highest BCUT2D eigenvalue weighted by atomic mass is 16.5. The lowest BCUT2D eigenvalue weighted by atomic mass is 10.1. The van der Waals surface area contributed by atoms with Gasteiger partial charge in [0.25, 0.3) is 0 Å². The normalized spacial score (nSPS) is 17.7. The molecule has 5 heteroatoms. The third kappa shape index (κ3) is 4.42. The van der Waals surface area contributed by atoms with E-state index in [1.807, 2.05) is 42.9 Å². The molecule has 5 nitrogen and oxygen atoms in total. The van der Waals surface area contributed by atoms with Crippen LogP contribution in [0.15, 0.2) is 42.9 Å². The molecule has 0 saturated carbocycles. The summed E-state index contributed by atoms with van der Waals surface area (Å²) in [7, 11) is 2.15. The van der Waals surface area contributed by atoms with Crippen molar-refractivity contribution in [2.75, 3.05) is 25.5 Å². The van der Waals surface area contributed by atoms with Crippen molar-refractivity contribution in [1.82, 2.24) is 14.9 Å². The Morgan fingerprint density at radius 2 is 1.91 bits per heavy atom. The fraction of sp³-hybridized carbons (Fsp3) is 0.444. The van der Waals surface area contributed by atoms with Crippen LogP contribution in [0.5, 0.6) is 5.88 Å². The van der Waals surface area contributed by atoms with Crippen molar-refractivity contribution >= 4 is 5.69 Å². The molecule has 0 unspecified atom stereocenters. The maximum absolute atomic E-state index is 5.97. The molecule has 1 saturated heterocycles. The second-order valence-electron chi connectivity index (χ2n) is 6.15. The third-order valence-corrected chi connectivity index (χ3v) is 4.28. The van der Waals surface area contributed by atoms with Crippen molar-refractivity contribution in [3.8, 4) is 5.88 Å². The Morgan fingerprint density at radius 3 is 2.57 bits per heavy atom. The van der Waals surface area contributed by atoms with E-state index in [0.717, 1.165) is 31.6 Å². The summed E-state index contributed by atoms with van der Waals surface area (Å²) in [6.45, 7) is 4.31. The Labute approximate surface area is 137 Å². The van der Waals surface area contributed by atoms with Crippen LogP contribution in [-0.2, 0) is 0 Å². The van der Waals surface area contributed by atoms with Gasteiger partial charge in [0.05, 0.1) is 11.9 Å². The summed E-state index contributed by atoms with van der Waals surface area (Å²) in [4.78, 5) is 10.8. The summed E-state index contributed by atoms with van der Waals surface area (Å²) in [6.07, 6.45) is 7.87. The Bertz CT molecular complexity index is 594. The number of rotatable bonds is 5. The Balaban J connectivity index is 1.55. The van der Waals surface area contributed by atoms with Gasteiger partial charge in [-0.25, -0.2) is 4.98 Å². The molecular formula is C18H24N4O. The minimum absolute atomic E-state index is 0.209.